The Morgan fingerprint density at radius 1 is 1.73 bits per heavy atom. The first kappa shape index (κ1) is 7.65. The third kappa shape index (κ3) is 1.73. The fraction of sp³-hybridized carbons (Fsp3) is 0.286. The molecule has 1 heterocycles. The number of nitrogens with zero attached hydrogens (tertiary/aromatic N) is 1. The minimum atomic E-state index is -0.325. The third-order valence-corrected chi connectivity index (χ3v) is 1.28. The van der Waals surface area contributed by atoms with Crippen LogP contribution in [-0.2, 0) is 9.59 Å². The molecule has 58 valence electrons. The van der Waals surface area contributed by atoms with E-state index in [4.69, 9.17) is 0 Å². The van der Waals surface area contributed by atoms with Gasteiger partial charge >= 0.3 is 0 Å². The fourth-order valence-corrected chi connectivity index (χ4v) is 0.735. The van der Waals surface area contributed by atoms with Crippen LogP contribution in [0.5, 0.6) is 0 Å². The number of allylic oxidation sites excluding steroid dienone is 1. The van der Waals surface area contributed by atoms with Gasteiger partial charge in [-0.2, -0.15) is 0 Å². The molecule has 0 saturated heterocycles. The van der Waals surface area contributed by atoms with Crippen LogP contribution in [-0.4, -0.2) is 25.0 Å². The zero-order valence-electron chi connectivity index (χ0n) is 6.13. The van der Waals surface area contributed by atoms with Gasteiger partial charge in [-0.3, -0.25) is 14.6 Å². The number of hydrogen-bond donors (Lipinski definition) is 1. The standard InChI is InChI=1S/C7H8N2O2/c1-8-7(11)6-4-5(10)2-3-9-6/h3-4H,2H2,1H3,(H,8,11). The van der Waals surface area contributed by atoms with Crippen LogP contribution in [0.25, 0.3) is 0 Å². The SMILES string of the molecule is CNC(=O)C1=CC(=O)CC=N1. The van der Waals surface area contributed by atoms with E-state index in [2.05, 4.69) is 10.3 Å². The maximum absolute atomic E-state index is 10.9. The maximum atomic E-state index is 10.9. The van der Waals surface area contributed by atoms with E-state index in [1.165, 1.54) is 19.3 Å². The van der Waals surface area contributed by atoms with Crippen molar-refractivity contribution in [3.8, 4) is 0 Å². The van der Waals surface area contributed by atoms with E-state index in [0.717, 1.165) is 0 Å². The third-order valence-electron chi connectivity index (χ3n) is 1.28. The zero-order valence-corrected chi connectivity index (χ0v) is 6.13. The van der Waals surface area contributed by atoms with Gasteiger partial charge in [-0.05, 0) is 0 Å². The van der Waals surface area contributed by atoms with Gasteiger partial charge < -0.3 is 5.32 Å². The number of hydrogen-bond acceptors (Lipinski definition) is 3. The summed E-state index contributed by atoms with van der Waals surface area (Å²) in [6.07, 6.45) is 2.98. The Balaban J connectivity index is 2.79. The molecule has 1 aliphatic heterocycles. The second-order valence-electron chi connectivity index (χ2n) is 2.09. The second-order valence-corrected chi connectivity index (χ2v) is 2.09. The van der Waals surface area contributed by atoms with Crippen molar-refractivity contribution in [3.63, 3.8) is 0 Å². The van der Waals surface area contributed by atoms with Crippen molar-refractivity contribution in [2.75, 3.05) is 7.05 Å². The van der Waals surface area contributed by atoms with Gasteiger partial charge in [-0.25, -0.2) is 0 Å². The molecule has 4 heteroatoms. The molecule has 0 bridgehead atoms. The molecule has 0 saturated carbocycles. The average Bonchev–Trinajstić information content (AvgIpc) is 2.03. The largest absolute Gasteiger partial charge is 0.354 e. The van der Waals surface area contributed by atoms with Crippen LogP contribution in [0.1, 0.15) is 6.42 Å². The minimum Gasteiger partial charge on any atom is -0.354 e. The highest BCUT2D eigenvalue weighted by Crippen LogP contribution is 2.02. The van der Waals surface area contributed by atoms with Gasteiger partial charge in [-0.1, -0.05) is 0 Å². The van der Waals surface area contributed by atoms with Crippen molar-refractivity contribution in [2.24, 2.45) is 4.99 Å². The number of carbonyl (C=O) groups is 2. The molecule has 4 nitrogen and oxygen atoms in total. The van der Waals surface area contributed by atoms with Crippen molar-refractivity contribution in [2.45, 2.75) is 6.42 Å². The van der Waals surface area contributed by atoms with Crippen LogP contribution in [0.2, 0.25) is 0 Å². The lowest BCUT2D eigenvalue weighted by Crippen LogP contribution is -2.21. The summed E-state index contributed by atoms with van der Waals surface area (Å²) in [5.41, 5.74) is 0.184. The highest BCUT2D eigenvalue weighted by molar-refractivity contribution is 6.08. The first-order valence-corrected chi connectivity index (χ1v) is 3.23. The Hall–Kier alpha value is -1.45. The number of ketones is 1. The zero-order chi connectivity index (χ0) is 8.27. The molecular formula is C7H8N2O2. The van der Waals surface area contributed by atoms with E-state index in [9.17, 15) is 9.59 Å². The summed E-state index contributed by atoms with van der Waals surface area (Å²) in [5, 5.41) is 2.38. The molecule has 0 aromatic heterocycles. The van der Waals surface area contributed by atoms with E-state index >= 15 is 0 Å². The van der Waals surface area contributed by atoms with Crippen molar-refractivity contribution in [1.29, 1.82) is 0 Å². The van der Waals surface area contributed by atoms with Crippen LogP contribution in [0, 0.1) is 0 Å². The number of amides is 1. The Morgan fingerprint density at radius 2 is 2.45 bits per heavy atom. The Morgan fingerprint density at radius 3 is 3.00 bits per heavy atom. The van der Waals surface area contributed by atoms with Gasteiger partial charge in [0.15, 0.2) is 5.78 Å². The Bertz CT molecular complexity index is 253. The van der Waals surface area contributed by atoms with E-state index in [1.807, 2.05) is 0 Å². The highest BCUT2D eigenvalue weighted by atomic mass is 16.2. The normalized spacial score (nSPS) is 16.1. The fourth-order valence-electron chi connectivity index (χ4n) is 0.735. The van der Waals surface area contributed by atoms with Crippen LogP contribution < -0.4 is 5.32 Å². The predicted octanol–water partition coefficient (Wildman–Crippen LogP) is -0.340. The number of nitrogens with one attached hydrogen (secondary N) is 1. The van der Waals surface area contributed by atoms with Crippen LogP contribution in [0.15, 0.2) is 16.8 Å². The van der Waals surface area contributed by atoms with Crippen molar-refractivity contribution in [1.82, 2.24) is 5.32 Å². The molecule has 0 spiro atoms. The molecule has 0 aliphatic carbocycles. The summed E-state index contributed by atoms with van der Waals surface area (Å²) in [6, 6.07) is 0. The van der Waals surface area contributed by atoms with Gasteiger partial charge in [0.1, 0.15) is 5.70 Å². The Labute approximate surface area is 64.0 Å². The first-order valence-electron chi connectivity index (χ1n) is 3.23. The van der Waals surface area contributed by atoms with Gasteiger partial charge in [0.25, 0.3) is 5.91 Å². The van der Waals surface area contributed by atoms with Crippen LogP contribution >= 0.6 is 0 Å². The summed E-state index contributed by atoms with van der Waals surface area (Å²) >= 11 is 0. The van der Waals surface area contributed by atoms with Crippen molar-refractivity contribution in [3.05, 3.63) is 11.8 Å². The molecule has 1 amide bonds. The summed E-state index contributed by atoms with van der Waals surface area (Å²) in [7, 11) is 1.50. The van der Waals surface area contributed by atoms with Crippen molar-refractivity contribution >= 4 is 17.9 Å². The molecule has 0 radical (unpaired) electrons. The summed E-state index contributed by atoms with van der Waals surface area (Å²) in [4.78, 5) is 25.4. The molecule has 1 N–H and O–H groups in total. The summed E-state index contributed by atoms with van der Waals surface area (Å²) < 4.78 is 0. The molecule has 0 atom stereocenters. The van der Waals surface area contributed by atoms with Crippen molar-refractivity contribution < 1.29 is 9.59 Å². The monoisotopic (exact) mass is 152 g/mol. The minimum absolute atomic E-state index is 0.0846. The van der Waals surface area contributed by atoms with E-state index in [-0.39, 0.29) is 17.4 Å². The lowest BCUT2D eigenvalue weighted by atomic mass is 10.2. The van der Waals surface area contributed by atoms with E-state index < -0.39 is 0 Å². The van der Waals surface area contributed by atoms with E-state index in [1.54, 1.807) is 0 Å². The molecular weight excluding hydrogens is 144 g/mol. The summed E-state index contributed by atoms with van der Waals surface area (Å²) in [5.74, 6) is -0.409. The average molecular weight is 152 g/mol. The predicted molar refractivity (Wildman–Crippen MR) is 40.3 cm³/mol. The lowest BCUT2D eigenvalue weighted by molar-refractivity contribution is -0.118. The molecule has 0 aromatic rings. The highest BCUT2D eigenvalue weighted by Gasteiger charge is 2.10. The molecule has 0 unspecified atom stereocenters. The van der Waals surface area contributed by atoms with Gasteiger partial charge in [-0.15, -0.1) is 0 Å². The lowest BCUT2D eigenvalue weighted by Gasteiger charge is -2.02. The van der Waals surface area contributed by atoms with Gasteiger partial charge in [0.05, 0.1) is 0 Å². The summed E-state index contributed by atoms with van der Waals surface area (Å²) in [6.45, 7) is 0. The number of aliphatic imine (C=N–C) groups is 1. The molecule has 11 heavy (non-hydrogen) atoms. The first-order chi connectivity index (χ1) is 5.24. The number of rotatable bonds is 1. The number of carbonyl (C=O) groups excluding carboxylic acids is 2. The maximum Gasteiger partial charge on any atom is 0.269 e. The van der Waals surface area contributed by atoms with E-state index in [0.29, 0.717) is 6.42 Å². The van der Waals surface area contributed by atoms with Gasteiger partial charge in [0, 0.05) is 25.8 Å². The molecule has 1 rings (SSSR count). The smallest absolute Gasteiger partial charge is 0.269 e. The molecule has 0 aromatic carbocycles. The van der Waals surface area contributed by atoms with Crippen LogP contribution in [0.3, 0.4) is 0 Å². The van der Waals surface area contributed by atoms with Crippen LogP contribution in [0.4, 0.5) is 0 Å². The number of likely N-dealkylation sites (N-methyl/N-ethyl adjacent to an activating group) is 1. The Kier molecular flexibility index (Phi) is 2.15. The van der Waals surface area contributed by atoms with Gasteiger partial charge in [0.2, 0.25) is 0 Å². The molecule has 1 aliphatic rings. The topological polar surface area (TPSA) is 58.5 Å². The quantitative estimate of drug-likeness (QED) is 0.558. The molecule has 0 fully saturated rings. The second kappa shape index (κ2) is 3.09.